The van der Waals surface area contributed by atoms with E-state index in [1.807, 2.05) is 4.90 Å². The van der Waals surface area contributed by atoms with E-state index in [2.05, 4.69) is 10.2 Å². The van der Waals surface area contributed by atoms with Gasteiger partial charge in [-0.25, -0.2) is 0 Å². The van der Waals surface area contributed by atoms with Crippen LogP contribution in [0, 0.1) is 5.41 Å². The molecule has 0 aromatic carbocycles. The highest BCUT2D eigenvalue weighted by molar-refractivity contribution is 5.91. The van der Waals surface area contributed by atoms with Gasteiger partial charge in [0.1, 0.15) is 0 Å². The molecule has 1 aliphatic rings. The molecule has 1 aliphatic heterocycles. The minimum atomic E-state index is -0.799. The van der Waals surface area contributed by atoms with Gasteiger partial charge in [-0.2, -0.15) is 0 Å². The fourth-order valence-corrected chi connectivity index (χ4v) is 2.17. The lowest BCUT2D eigenvalue weighted by Gasteiger charge is -2.20. The number of hydrogen-bond donors (Lipinski definition) is 1. The molecular formula is C13H18N4O3. The second-order valence-electron chi connectivity index (χ2n) is 5.51. The predicted octanol–water partition coefficient (Wildman–Crippen LogP) is 0.479. The number of amides is 1. The minimum Gasteiger partial charge on any atom is -0.481 e. The average Bonchev–Trinajstić information content (AvgIpc) is 2.82. The van der Waals surface area contributed by atoms with Crippen molar-refractivity contribution in [2.24, 2.45) is 5.41 Å². The molecule has 2 heterocycles. The van der Waals surface area contributed by atoms with Crippen LogP contribution in [0.1, 0.15) is 23.8 Å². The highest BCUT2D eigenvalue weighted by Gasteiger charge is 2.41. The van der Waals surface area contributed by atoms with Crippen molar-refractivity contribution < 1.29 is 14.7 Å². The number of aliphatic carboxylic acids is 1. The van der Waals surface area contributed by atoms with E-state index in [9.17, 15) is 14.7 Å². The Morgan fingerprint density at radius 1 is 1.35 bits per heavy atom. The van der Waals surface area contributed by atoms with Crippen LogP contribution in [0.4, 0.5) is 5.82 Å². The molecule has 7 heteroatoms. The van der Waals surface area contributed by atoms with Crippen molar-refractivity contribution in [2.45, 2.75) is 13.3 Å². The van der Waals surface area contributed by atoms with Crippen LogP contribution in [0.3, 0.4) is 0 Å². The summed E-state index contributed by atoms with van der Waals surface area (Å²) < 4.78 is 0. The molecule has 1 saturated heterocycles. The molecule has 0 radical (unpaired) electrons. The highest BCUT2D eigenvalue weighted by atomic mass is 16.4. The molecule has 1 atom stereocenters. The molecule has 1 amide bonds. The number of carbonyl (C=O) groups excluding carboxylic acids is 1. The number of hydrogen-bond acceptors (Lipinski definition) is 5. The summed E-state index contributed by atoms with van der Waals surface area (Å²) in [6, 6.07) is 3.32. The quantitative estimate of drug-likeness (QED) is 0.865. The molecule has 1 aromatic rings. The zero-order valence-electron chi connectivity index (χ0n) is 11.8. The molecule has 2 rings (SSSR count). The van der Waals surface area contributed by atoms with Crippen LogP contribution in [-0.2, 0) is 4.79 Å². The molecule has 0 spiro atoms. The van der Waals surface area contributed by atoms with Crippen molar-refractivity contribution in [2.75, 3.05) is 32.1 Å². The van der Waals surface area contributed by atoms with Gasteiger partial charge in [0.15, 0.2) is 11.5 Å². The van der Waals surface area contributed by atoms with Crippen molar-refractivity contribution in [1.82, 2.24) is 15.1 Å². The van der Waals surface area contributed by atoms with Gasteiger partial charge in [0.05, 0.1) is 5.41 Å². The van der Waals surface area contributed by atoms with E-state index in [1.54, 1.807) is 33.2 Å². The SMILES string of the molecule is CN(C)C(=O)c1ccc(N2CCC(C)(C(=O)O)C2)nn1. The first-order chi connectivity index (χ1) is 9.33. The fraction of sp³-hybridized carbons (Fsp3) is 0.538. The summed E-state index contributed by atoms with van der Waals surface area (Å²) in [6.45, 7) is 2.75. The number of carboxylic acid groups (broad SMARTS) is 1. The average molecular weight is 278 g/mol. The Balaban J connectivity index is 2.12. The van der Waals surface area contributed by atoms with E-state index in [0.29, 0.717) is 25.3 Å². The van der Waals surface area contributed by atoms with Gasteiger partial charge in [-0.3, -0.25) is 9.59 Å². The second kappa shape index (κ2) is 5.07. The Morgan fingerprint density at radius 2 is 2.05 bits per heavy atom. The maximum atomic E-state index is 11.7. The van der Waals surface area contributed by atoms with E-state index < -0.39 is 11.4 Å². The fourth-order valence-electron chi connectivity index (χ4n) is 2.17. The van der Waals surface area contributed by atoms with E-state index >= 15 is 0 Å². The van der Waals surface area contributed by atoms with Crippen molar-refractivity contribution in [3.63, 3.8) is 0 Å². The molecule has 1 unspecified atom stereocenters. The van der Waals surface area contributed by atoms with Gasteiger partial charge in [-0.05, 0) is 25.5 Å². The van der Waals surface area contributed by atoms with Gasteiger partial charge in [0.25, 0.3) is 5.91 Å². The zero-order valence-corrected chi connectivity index (χ0v) is 11.8. The second-order valence-corrected chi connectivity index (χ2v) is 5.51. The van der Waals surface area contributed by atoms with Crippen molar-refractivity contribution >= 4 is 17.7 Å². The lowest BCUT2D eigenvalue weighted by atomic mass is 9.90. The van der Waals surface area contributed by atoms with Crippen molar-refractivity contribution in [3.05, 3.63) is 17.8 Å². The highest BCUT2D eigenvalue weighted by Crippen LogP contribution is 2.32. The molecule has 1 aromatic heterocycles. The number of aromatic nitrogens is 2. The first-order valence-electron chi connectivity index (χ1n) is 6.37. The van der Waals surface area contributed by atoms with Gasteiger partial charge in [0, 0.05) is 27.2 Å². The Labute approximate surface area is 117 Å². The summed E-state index contributed by atoms with van der Waals surface area (Å²) >= 11 is 0. The van der Waals surface area contributed by atoms with Gasteiger partial charge in [-0.15, -0.1) is 10.2 Å². The first kappa shape index (κ1) is 14.2. The number of carbonyl (C=O) groups is 2. The molecule has 0 aliphatic carbocycles. The third-order valence-electron chi connectivity index (χ3n) is 3.59. The third kappa shape index (κ3) is 2.56. The topological polar surface area (TPSA) is 86.6 Å². The Morgan fingerprint density at radius 3 is 2.50 bits per heavy atom. The lowest BCUT2D eigenvalue weighted by Crippen LogP contribution is -2.32. The first-order valence-corrected chi connectivity index (χ1v) is 6.37. The standard InChI is InChI=1S/C13H18N4O3/c1-13(12(19)20)6-7-17(8-13)10-5-4-9(14-15-10)11(18)16(2)3/h4-5H,6-8H2,1-3H3,(H,19,20). The molecule has 1 N–H and O–H groups in total. The third-order valence-corrected chi connectivity index (χ3v) is 3.59. The Hall–Kier alpha value is -2.18. The summed E-state index contributed by atoms with van der Waals surface area (Å²) in [7, 11) is 3.30. The molecule has 108 valence electrons. The van der Waals surface area contributed by atoms with E-state index in [-0.39, 0.29) is 11.6 Å². The molecule has 0 bridgehead atoms. The monoisotopic (exact) mass is 278 g/mol. The van der Waals surface area contributed by atoms with Crippen LogP contribution in [0.25, 0.3) is 0 Å². The normalized spacial score (nSPS) is 21.9. The van der Waals surface area contributed by atoms with Crippen LogP contribution in [-0.4, -0.2) is 59.3 Å². The van der Waals surface area contributed by atoms with Gasteiger partial charge < -0.3 is 14.9 Å². The lowest BCUT2D eigenvalue weighted by molar-refractivity contribution is -0.146. The van der Waals surface area contributed by atoms with Gasteiger partial charge >= 0.3 is 5.97 Å². The predicted molar refractivity (Wildman–Crippen MR) is 72.6 cm³/mol. The Kier molecular flexibility index (Phi) is 3.61. The van der Waals surface area contributed by atoms with Crippen molar-refractivity contribution in [3.8, 4) is 0 Å². The summed E-state index contributed by atoms with van der Waals surface area (Å²) in [5.74, 6) is -0.404. The number of carboxylic acids is 1. The largest absolute Gasteiger partial charge is 0.481 e. The van der Waals surface area contributed by atoms with E-state index in [0.717, 1.165) is 0 Å². The van der Waals surface area contributed by atoms with Crippen LogP contribution >= 0.6 is 0 Å². The van der Waals surface area contributed by atoms with Gasteiger partial charge in [0.2, 0.25) is 0 Å². The zero-order chi connectivity index (χ0) is 14.9. The number of rotatable bonds is 3. The maximum absolute atomic E-state index is 11.7. The van der Waals surface area contributed by atoms with Crippen molar-refractivity contribution in [1.29, 1.82) is 0 Å². The van der Waals surface area contributed by atoms with Crippen LogP contribution < -0.4 is 4.90 Å². The molecule has 1 fully saturated rings. The molecule has 20 heavy (non-hydrogen) atoms. The molecular weight excluding hydrogens is 260 g/mol. The summed E-state index contributed by atoms with van der Waals surface area (Å²) in [6.07, 6.45) is 0.572. The number of nitrogens with zero attached hydrogens (tertiary/aromatic N) is 4. The van der Waals surface area contributed by atoms with Crippen LogP contribution in [0.15, 0.2) is 12.1 Å². The van der Waals surface area contributed by atoms with Gasteiger partial charge in [-0.1, -0.05) is 0 Å². The minimum absolute atomic E-state index is 0.208. The summed E-state index contributed by atoms with van der Waals surface area (Å²) in [5.41, 5.74) is -0.473. The maximum Gasteiger partial charge on any atom is 0.311 e. The number of anilines is 1. The van der Waals surface area contributed by atoms with Crippen LogP contribution in [0.2, 0.25) is 0 Å². The molecule has 7 nitrogen and oxygen atoms in total. The Bertz CT molecular complexity index is 529. The summed E-state index contributed by atoms with van der Waals surface area (Å²) in [4.78, 5) is 26.2. The smallest absolute Gasteiger partial charge is 0.311 e. The van der Waals surface area contributed by atoms with Crippen LogP contribution in [0.5, 0.6) is 0 Å². The van der Waals surface area contributed by atoms with E-state index in [1.165, 1.54) is 4.90 Å². The van der Waals surface area contributed by atoms with E-state index in [4.69, 9.17) is 0 Å². The molecule has 0 saturated carbocycles. The summed E-state index contributed by atoms with van der Waals surface area (Å²) in [5, 5.41) is 17.1.